The van der Waals surface area contributed by atoms with Crippen molar-refractivity contribution in [3.63, 3.8) is 0 Å². The minimum atomic E-state index is -0.00532. The smallest absolute Gasteiger partial charge is 0.217 e. The number of methoxy groups -OCH3 is 1. The van der Waals surface area contributed by atoms with Crippen molar-refractivity contribution >= 4 is 5.91 Å². The van der Waals surface area contributed by atoms with Gasteiger partial charge < -0.3 is 14.8 Å². The van der Waals surface area contributed by atoms with Crippen molar-refractivity contribution in [2.75, 3.05) is 20.3 Å². The Morgan fingerprint density at radius 2 is 1.86 bits per heavy atom. The van der Waals surface area contributed by atoms with Crippen molar-refractivity contribution < 1.29 is 14.3 Å². The lowest BCUT2D eigenvalue weighted by atomic mass is 9.97. The van der Waals surface area contributed by atoms with Crippen LogP contribution >= 0.6 is 0 Å². The first-order chi connectivity index (χ1) is 14.0. The number of ether oxygens (including phenoxy) is 2. The summed E-state index contributed by atoms with van der Waals surface area (Å²) in [6, 6.07) is 12.7. The van der Waals surface area contributed by atoms with Crippen LogP contribution in [0, 0.1) is 5.92 Å². The molecule has 0 spiro atoms. The van der Waals surface area contributed by atoms with Gasteiger partial charge in [0.1, 0.15) is 0 Å². The van der Waals surface area contributed by atoms with E-state index in [0.717, 1.165) is 43.1 Å². The van der Waals surface area contributed by atoms with Gasteiger partial charge in [-0.1, -0.05) is 44.2 Å². The maximum Gasteiger partial charge on any atom is 0.217 e. The van der Waals surface area contributed by atoms with Gasteiger partial charge in [-0.25, -0.2) is 0 Å². The third-order valence-corrected chi connectivity index (χ3v) is 5.14. The second kappa shape index (κ2) is 9.79. The average molecular weight is 397 g/mol. The fourth-order valence-electron chi connectivity index (χ4n) is 3.64. The van der Waals surface area contributed by atoms with E-state index in [1.54, 1.807) is 7.11 Å². The highest BCUT2D eigenvalue weighted by Gasteiger charge is 2.22. The molecule has 0 aromatic heterocycles. The van der Waals surface area contributed by atoms with Crippen LogP contribution in [0.15, 0.2) is 36.4 Å². The molecule has 0 fully saturated rings. The molecule has 5 heteroatoms. The van der Waals surface area contributed by atoms with Crippen molar-refractivity contribution in [2.45, 2.75) is 46.8 Å². The van der Waals surface area contributed by atoms with Crippen molar-refractivity contribution in [1.29, 1.82) is 0 Å². The molecule has 0 bridgehead atoms. The second-order valence-corrected chi connectivity index (χ2v) is 8.13. The van der Waals surface area contributed by atoms with E-state index in [1.807, 2.05) is 6.07 Å². The van der Waals surface area contributed by atoms with E-state index in [0.29, 0.717) is 19.1 Å². The van der Waals surface area contributed by atoms with Crippen LogP contribution in [-0.4, -0.2) is 31.1 Å². The van der Waals surface area contributed by atoms with Crippen molar-refractivity contribution in [2.24, 2.45) is 5.92 Å². The van der Waals surface area contributed by atoms with Gasteiger partial charge >= 0.3 is 0 Å². The van der Waals surface area contributed by atoms with Gasteiger partial charge in [-0.2, -0.15) is 0 Å². The fraction of sp³-hybridized carbons (Fsp3) is 0.458. The van der Waals surface area contributed by atoms with Crippen LogP contribution in [0.3, 0.4) is 0 Å². The summed E-state index contributed by atoms with van der Waals surface area (Å²) in [5, 5.41) is 2.83. The molecule has 0 unspecified atom stereocenters. The summed E-state index contributed by atoms with van der Waals surface area (Å²) >= 11 is 0. The molecule has 1 heterocycles. The van der Waals surface area contributed by atoms with Crippen LogP contribution in [0.25, 0.3) is 0 Å². The van der Waals surface area contributed by atoms with Crippen LogP contribution in [-0.2, 0) is 30.8 Å². The number of amides is 1. The molecule has 0 atom stereocenters. The summed E-state index contributed by atoms with van der Waals surface area (Å²) in [6.07, 6.45) is 0.956. The second-order valence-electron chi connectivity index (χ2n) is 8.13. The molecule has 0 saturated heterocycles. The quantitative estimate of drug-likeness (QED) is 0.735. The van der Waals surface area contributed by atoms with Crippen LogP contribution in [0.1, 0.15) is 43.0 Å². The van der Waals surface area contributed by atoms with Gasteiger partial charge in [0.15, 0.2) is 11.5 Å². The monoisotopic (exact) mass is 396 g/mol. The molecule has 3 rings (SSSR count). The Hall–Kier alpha value is -2.53. The number of carbonyl (C=O) groups excluding carboxylic acids is 1. The number of benzene rings is 2. The standard InChI is InChI=1S/C24H32N2O3/c1-17(2)16-29-23-10-9-21-15-26(12-11-22(21)24(23)28-4)14-20-7-5-19(6-8-20)13-25-18(3)27/h5-10,17H,11-16H2,1-4H3,(H,25,27). The molecular weight excluding hydrogens is 364 g/mol. The van der Waals surface area contributed by atoms with E-state index in [-0.39, 0.29) is 5.91 Å². The van der Waals surface area contributed by atoms with Crippen molar-refractivity contribution in [3.8, 4) is 11.5 Å². The summed E-state index contributed by atoms with van der Waals surface area (Å²) in [5.41, 5.74) is 4.98. The molecule has 0 aliphatic carbocycles. The van der Waals surface area contributed by atoms with Gasteiger partial charge in [0.05, 0.1) is 13.7 Å². The minimum Gasteiger partial charge on any atom is -0.493 e. The van der Waals surface area contributed by atoms with Gasteiger partial charge in [-0.15, -0.1) is 0 Å². The summed E-state index contributed by atoms with van der Waals surface area (Å²) in [7, 11) is 1.73. The van der Waals surface area contributed by atoms with Crippen LogP contribution < -0.4 is 14.8 Å². The predicted octanol–water partition coefficient (Wildman–Crippen LogP) is 3.92. The summed E-state index contributed by atoms with van der Waals surface area (Å²) in [5.74, 6) is 2.22. The minimum absolute atomic E-state index is 0.00532. The van der Waals surface area contributed by atoms with E-state index >= 15 is 0 Å². The number of fused-ring (bicyclic) bond motifs is 1. The molecule has 1 N–H and O–H groups in total. The third-order valence-electron chi connectivity index (χ3n) is 5.14. The van der Waals surface area contributed by atoms with Crippen LogP contribution in [0.4, 0.5) is 0 Å². The third kappa shape index (κ3) is 5.73. The van der Waals surface area contributed by atoms with E-state index in [4.69, 9.17) is 9.47 Å². The van der Waals surface area contributed by atoms with E-state index in [1.165, 1.54) is 23.6 Å². The maximum absolute atomic E-state index is 11.0. The molecule has 0 radical (unpaired) electrons. The van der Waals surface area contributed by atoms with Gasteiger partial charge in [0.2, 0.25) is 5.91 Å². The SMILES string of the molecule is COc1c(OCC(C)C)ccc2c1CCN(Cc1ccc(CNC(C)=O)cc1)C2. The first-order valence-corrected chi connectivity index (χ1v) is 10.3. The highest BCUT2D eigenvalue weighted by atomic mass is 16.5. The number of hydrogen-bond donors (Lipinski definition) is 1. The lowest BCUT2D eigenvalue weighted by Crippen LogP contribution is -2.30. The first-order valence-electron chi connectivity index (χ1n) is 10.3. The molecule has 0 saturated carbocycles. The van der Waals surface area contributed by atoms with Gasteiger partial charge in [-0.3, -0.25) is 9.69 Å². The highest BCUT2D eigenvalue weighted by Crippen LogP contribution is 2.37. The first kappa shape index (κ1) is 21.2. The van der Waals surface area contributed by atoms with Gasteiger partial charge in [0.25, 0.3) is 0 Å². The molecule has 29 heavy (non-hydrogen) atoms. The lowest BCUT2D eigenvalue weighted by Gasteiger charge is -2.30. The zero-order valence-corrected chi connectivity index (χ0v) is 18.0. The molecular formula is C24H32N2O3. The molecule has 2 aromatic rings. The largest absolute Gasteiger partial charge is 0.493 e. The number of nitrogens with zero attached hydrogens (tertiary/aromatic N) is 1. The van der Waals surface area contributed by atoms with Crippen molar-refractivity contribution in [1.82, 2.24) is 10.2 Å². The summed E-state index contributed by atoms with van der Waals surface area (Å²) < 4.78 is 11.7. The Bertz CT molecular complexity index is 831. The average Bonchev–Trinajstić information content (AvgIpc) is 2.71. The molecule has 1 amide bonds. The van der Waals surface area contributed by atoms with Crippen LogP contribution in [0.2, 0.25) is 0 Å². The molecule has 1 aliphatic rings. The molecule has 1 aliphatic heterocycles. The number of nitrogens with one attached hydrogen (secondary N) is 1. The van der Waals surface area contributed by atoms with Crippen LogP contribution in [0.5, 0.6) is 11.5 Å². The zero-order chi connectivity index (χ0) is 20.8. The normalized spacial score (nSPS) is 13.8. The molecule has 5 nitrogen and oxygen atoms in total. The summed E-state index contributed by atoms with van der Waals surface area (Å²) in [4.78, 5) is 13.5. The van der Waals surface area contributed by atoms with Gasteiger partial charge in [0, 0.05) is 38.7 Å². The summed E-state index contributed by atoms with van der Waals surface area (Å²) in [6.45, 7) is 9.91. The number of rotatable bonds is 8. The Labute approximate surface area is 174 Å². The Morgan fingerprint density at radius 3 is 2.52 bits per heavy atom. The van der Waals surface area contributed by atoms with E-state index in [2.05, 4.69) is 54.4 Å². The van der Waals surface area contributed by atoms with E-state index in [9.17, 15) is 4.79 Å². The Morgan fingerprint density at radius 1 is 1.14 bits per heavy atom. The topological polar surface area (TPSA) is 50.8 Å². The number of carbonyl (C=O) groups is 1. The number of hydrogen-bond acceptors (Lipinski definition) is 4. The Balaban J connectivity index is 1.64. The lowest BCUT2D eigenvalue weighted by molar-refractivity contribution is -0.119. The van der Waals surface area contributed by atoms with Gasteiger partial charge in [-0.05, 0) is 35.1 Å². The highest BCUT2D eigenvalue weighted by molar-refractivity contribution is 5.72. The Kier molecular flexibility index (Phi) is 7.15. The van der Waals surface area contributed by atoms with Crippen molar-refractivity contribution in [3.05, 3.63) is 58.7 Å². The van der Waals surface area contributed by atoms with E-state index < -0.39 is 0 Å². The molecule has 2 aromatic carbocycles. The molecule has 156 valence electrons. The zero-order valence-electron chi connectivity index (χ0n) is 18.0. The predicted molar refractivity (Wildman–Crippen MR) is 115 cm³/mol. The fourth-order valence-corrected chi connectivity index (χ4v) is 3.64. The maximum atomic E-state index is 11.0.